The van der Waals surface area contributed by atoms with Crippen LogP contribution in [0.25, 0.3) is 0 Å². The van der Waals surface area contributed by atoms with Gasteiger partial charge >= 0.3 is 0 Å². The highest BCUT2D eigenvalue weighted by atomic mass is 15.3. The average molecular weight is 191 g/mol. The minimum Gasteiger partial charge on any atom is -0.314 e. The molecule has 0 bridgehead atoms. The van der Waals surface area contributed by atoms with Crippen LogP contribution in [0.15, 0.2) is 18.5 Å². The van der Waals surface area contributed by atoms with Crippen molar-refractivity contribution in [1.29, 1.82) is 0 Å². The Labute approximate surface area is 84.5 Å². The Morgan fingerprint density at radius 2 is 2.21 bits per heavy atom. The fraction of sp³-hybridized carbons (Fsp3) is 0.727. The van der Waals surface area contributed by atoms with E-state index in [0.717, 1.165) is 12.0 Å². The van der Waals surface area contributed by atoms with Crippen LogP contribution in [0.3, 0.4) is 0 Å². The normalized spacial score (nSPS) is 31.4. The zero-order chi connectivity index (χ0) is 9.38. The van der Waals surface area contributed by atoms with Crippen molar-refractivity contribution < 1.29 is 0 Å². The zero-order valence-corrected chi connectivity index (χ0v) is 8.39. The highest BCUT2D eigenvalue weighted by Gasteiger charge is 2.33. The van der Waals surface area contributed by atoms with Crippen molar-refractivity contribution in [3.05, 3.63) is 18.5 Å². The van der Waals surface area contributed by atoms with E-state index in [1.807, 2.05) is 12.3 Å². The molecule has 2 fully saturated rings. The third kappa shape index (κ3) is 1.57. The second kappa shape index (κ2) is 3.39. The number of hydrogen-bond acceptors (Lipinski definition) is 2. The van der Waals surface area contributed by atoms with Gasteiger partial charge in [-0.15, -0.1) is 0 Å². The molecular formula is C11H17N3. The average Bonchev–Trinajstić information content (AvgIpc) is 2.81. The molecule has 0 saturated heterocycles. The van der Waals surface area contributed by atoms with Crippen molar-refractivity contribution in [1.82, 2.24) is 15.1 Å². The minimum atomic E-state index is 0.663. The largest absolute Gasteiger partial charge is 0.314 e. The van der Waals surface area contributed by atoms with Crippen LogP contribution in [0.1, 0.15) is 31.7 Å². The molecule has 2 saturated carbocycles. The van der Waals surface area contributed by atoms with Crippen LogP contribution in [0.2, 0.25) is 0 Å². The molecule has 0 aromatic carbocycles. The van der Waals surface area contributed by atoms with E-state index in [4.69, 9.17) is 0 Å². The van der Waals surface area contributed by atoms with Gasteiger partial charge in [-0.1, -0.05) is 0 Å². The summed E-state index contributed by atoms with van der Waals surface area (Å²) < 4.78 is 2.13. The Balaban J connectivity index is 1.54. The lowest BCUT2D eigenvalue weighted by molar-refractivity contribution is 0.162. The molecule has 0 radical (unpaired) electrons. The summed E-state index contributed by atoms with van der Waals surface area (Å²) in [6, 6.07) is 3.52. The molecule has 2 unspecified atom stereocenters. The van der Waals surface area contributed by atoms with Gasteiger partial charge in [-0.05, 0) is 37.7 Å². The van der Waals surface area contributed by atoms with Crippen molar-refractivity contribution in [3.63, 3.8) is 0 Å². The Morgan fingerprint density at radius 3 is 2.79 bits per heavy atom. The Bertz CT molecular complexity index is 289. The van der Waals surface area contributed by atoms with Gasteiger partial charge in [0.1, 0.15) is 0 Å². The van der Waals surface area contributed by atoms with Crippen LogP contribution in [-0.2, 0) is 0 Å². The first kappa shape index (κ1) is 8.48. The maximum Gasteiger partial charge on any atom is 0.0559 e. The molecule has 1 aromatic heterocycles. The SMILES string of the molecule is c1cnn(C2CCC2CNC2CC2)c1. The van der Waals surface area contributed by atoms with E-state index in [1.165, 1.54) is 32.2 Å². The lowest BCUT2D eigenvalue weighted by Gasteiger charge is -2.37. The summed E-state index contributed by atoms with van der Waals surface area (Å²) in [5.74, 6) is 0.815. The lowest BCUT2D eigenvalue weighted by atomic mass is 9.79. The number of hydrogen-bond donors (Lipinski definition) is 1. The molecule has 1 aromatic rings. The topological polar surface area (TPSA) is 29.9 Å². The van der Waals surface area contributed by atoms with E-state index in [1.54, 1.807) is 0 Å². The predicted octanol–water partition coefficient (Wildman–Crippen LogP) is 1.59. The molecule has 2 aliphatic rings. The summed E-state index contributed by atoms with van der Waals surface area (Å²) >= 11 is 0. The molecule has 1 heterocycles. The highest BCUT2D eigenvalue weighted by Crippen LogP contribution is 2.37. The van der Waals surface area contributed by atoms with E-state index in [2.05, 4.69) is 21.3 Å². The van der Waals surface area contributed by atoms with Gasteiger partial charge in [0.25, 0.3) is 0 Å². The molecule has 3 nitrogen and oxygen atoms in total. The van der Waals surface area contributed by atoms with Gasteiger partial charge in [0, 0.05) is 25.0 Å². The predicted molar refractivity (Wildman–Crippen MR) is 55.0 cm³/mol. The standard InChI is InChI=1S/C11H17N3/c1-6-13-14(7-1)11-5-2-9(11)8-12-10-3-4-10/h1,6-7,9-12H,2-5,8H2. The third-order valence-corrected chi connectivity index (χ3v) is 3.49. The quantitative estimate of drug-likeness (QED) is 0.783. The monoisotopic (exact) mass is 191 g/mol. The molecule has 0 spiro atoms. The van der Waals surface area contributed by atoms with Crippen LogP contribution in [0.5, 0.6) is 0 Å². The first-order valence-corrected chi connectivity index (χ1v) is 5.66. The van der Waals surface area contributed by atoms with E-state index < -0.39 is 0 Å². The van der Waals surface area contributed by atoms with Gasteiger partial charge in [-0.2, -0.15) is 5.10 Å². The summed E-state index contributed by atoms with van der Waals surface area (Å²) in [6.45, 7) is 1.19. The van der Waals surface area contributed by atoms with E-state index in [0.29, 0.717) is 6.04 Å². The first-order chi connectivity index (χ1) is 6.93. The highest BCUT2D eigenvalue weighted by molar-refractivity contribution is 4.92. The van der Waals surface area contributed by atoms with Crippen LogP contribution < -0.4 is 5.32 Å². The van der Waals surface area contributed by atoms with E-state index >= 15 is 0 Å². The number of nitrogens with one attached hydrogen (secondary N) is 1. The van der Waals surface area contributed by atoms with Crippen molar-refractivity contribution in [2.24, 2.45) is 5.92 Å². The molecule has 2 aliphatic carbocycles. The summed E-state index contributed by atoms with van der Waals surface area (Å²) in [7, 11) is 0. The molecule has 14 heavy (non-hydrogen) atoms. The summed E-state index contributed by atoms with van der Waals surface area (Å²) in [6.07, 6.45) is 9.42. The number of aromatic nitrogens is 2. The van der Waals surface area contributed by atoms with Gasteiger partial charge in [-0.25, -0.2) is 0 Å². The van der Waals surface area contributed by atoms with Crippen molar-refractivity contribution in [3.8, 4) is 0 Å². The van der Waals surface area contributed by atoms with Crippen molar-refractivity contribution in [2.45, 2.75) is 37.8 Å². The molecular weight excluding hydrogens is 174 g/mol. The van der Waals surface area contributed by atoms with Gasteiger partial charge in [0.2, 0.25) is 0 Å². The molecule has 3 heteroatoms. The molecule has 2 atom stereocenters. The Kier molecular flexibility index (Phi) is 2.05. The van der Waals surface area contributed by atoms with Gasteiger partial charge in [0.15, 0.2) is 0 Å². The van der Waals surface area contributed by atoms with Crippen molar-refractivity contribution >= 4 is 0 Å². The molecule has 3 rings (SSSR count). The van der Waals surface area contributed by atoms with Crippen LogP contribution in [0.4, 0.5) is 0 Å². The fourth-order valence-corrected chi connectivity index (χ4v) is 2.22. The summed E-state index contributed by atoms with van der Waals surface area (Å²) in [4.78, 5) is 0. The maximum absolute atomic E-state index is 4.32. The second-order valence-electron chi connectivity index (χ2n) is 4.57. The summed E-state index contributed by atoms with van der Waals surface area (Å²) in [5.41, 5.74) is 0. The van der Waals surface area contributed by atoms with Crippen LogP contribution in [-0.4, -0.2) is 22.4 Å². The van der Waals surface area contributed by atoms with Crippen molar-refractivity contribution in [2.75, 3.05) is 6.54 Å². The van der Waals surface area contributed by atoms with Crippen LogP contribution >= 0.6 is 0 Å². The third-order valence-electron chi connectivity index (χ3n) is 3.49. The number of rotatable bonds is 4. The smallest absolute Gasteiger partial charge is 0.0559 e. The molecule has 1 N–H and O–H groups in total. The summed E-state index contributed by atoms with van der Waals surface area (Å²) in [5, 5.41) is 7.93. The fourth-order valence-electron chi connectivity index (χ4n) is 2.22. The number of nitrogens with zero attached hydrogens (tertiary/aromatic N) is 2. The van der Waals surface area contributed by atoms with Gasteiger partial charge in [-0.3, -0.25) is 4.68 Å². The molecule has 0 amide bonds. The maximum atomic E-state index is 4.32. The van der Waals surface area contributed by atoms with Gasteiger partial charge < -0.3 is 5.32 Å². The Morgan fingerprint density at radius 1 is 1.29 bits per heavy atom. The van der Waals surface area contributed by atoms with Crippen LogP contribution in [0, 0.1) is 5.92 Å². The van der Waals surface area contributed by atoms with Gasteiger partial charge in [0.05, 0.1) is 6.04 Å². The van der Waals surface area contributed by atoms with E-state index in [9.17, 15) is 0 Å². The van der Waals surface area contributed by atoms with E-state index in [-0.39, 0.29) is 0 Å². The second-order valence-corrected chi connectivity index (χ2v) is 4.57. The lowest BCUT2D eigenvalue weighted by Crippen LogP contribution is -2.37. The minimum absolute atomic E-state index is 0.663. The zero-order valence-electron chi connectivity index (χ0n) is 8.39. The Hall–Kier alpha value is -0.830. The first-order valence-electron chi connectivity index (χ1n) is 5.66. The molecule has 76 valence electrons. The molecule has 0 aliphatic heterocycles.